The van der Waals surface area contributed by atoms with Gasteiger partial charge in [0.1, 0.15) is 17.6 Å². The van der Waals surface area contributed by atoms with E-state index in [1.165, 1.54) is 17.7 Å². The molecule has 23 heteroatoms. The molecule has 20 nitrogen and oxygen atoms in total. The molecule has 442 valence electrons. The molecule has 9 aromatic rings. The Hall–Kier alpha value is -8.86. The van der Waals surface area contributed by atoms with E-state index in [1.54, 1.807) is 45.5 Å². The smallest absolute Gasteiger partial charge is 0.410 e. The molecule has 2 atom stereocenters. The minimum atomic E-state index is -3.58. The zero-order valence-electron chi connectivity index (χ0n) is 48.7. The number of amides is 2. The summed E-state index contributed by atoms with van der Waals surface area (Å²) in [5.41, 5.74) is 14.3. The molecule has 85 heavy (non-hydrogen) atoms. The highest BCUT2D eigenvalue weighted by molar-refractivity contribution is 7.92. The lowest BCUT2D eigenvalue weighted by Crippen LogP contribution is -2.39. The van der Waals surface area contributed by atoms with Crippen molar-refractivity contribution >= 4 is 78.1 Å². The lowest BCUT2D eigenvalue weighted by Gasteiger charge is -2.36. The van der Waals surface area contributed by atoms with Gasteiger partial charge in [0.2, 0.25) is 20.0 Å². The Balaban J connectivity index is 0.000000166. The van der Waals surface area contributed by atoms with Gasteiger partial charge in [0.15, 0.2) is 11.3 Å². The summed E-state index contributed by atoms with van der Waals surface area (Å²) < 4.78 is 59.9. The van der Waals surface area contributed by atoms with Crippen LogP contribution in [0.15, 0.2) is 127 Å². The molecular formula is C62H66ClN11O9S2. The maximum Gasteiger partial charge on any atom is 0.410 e. The average molecular weight is 1210 g/mol. The Morgan fingerprint density at radius 3 is 1.60 bits per heavy atom. The van der Waals surface area contributed by atoms with Crippen LogP contribution in [-0.2, 0) is 57.3 Å². The van der Waals surface area contributed by atoms with Gasteiger partial charge in [0.25, 0.3) is 5.91 Å². The minimum Gasteiger partial charge on any atom is -0.478 e. The molecule has 2 amide bonds. The van der Waals surface area contributed by atoms with Crippen LogP contribution in [0.4, 0.5) is 22.0 Å². The Bertz CT molecular complexity index is 4290. The summed E-state index contributed by atoms with van der Waals surface area (Å²) in [6.07, 6.45) is 2.92. The normalized spacial score (nSPS) is 14.7. The van der Waals surface area contributed by atoms with Crippen molar-refractivity contribution in [1.29, 1.82) is 0 Å². The summed E-state index contributed by atoms with van der Waals surface area (Å²) in [5, 5.41) is 19.1. The van der Waals surface area contributed by atoms with Crippen LogP contribution >= 0.6 is 11.6 Å². The van der Waals surface area contributed by atoms with Crippen molar-refractivity contribution in [1.82, 2.24) is 39.0 Å². The second-order valence-electron chi connectivity index (χ2n) is 21.6. The number of aromatic nitrogens is 6. The van der Waals surface area contributed by atoms with E-state index in [4.69, 9.17) is 36.6 Å². The highest BCUT2D eigenvalue weighted by atomic mass is 35.5. The molecule has 2 aliphatic rings. The lowest BCUT2D eigenvalue weighted by molar-refractivity contribution is 0.0632. The predicted molar refractivity (Wildman–Crippen MR) is 328 cm³/mol. The number of ether oxygens (including phenoxy) is 1. The minimum absolute atomic E-state index is 0.0552. The monoisotopic (exact) mass is 1210 g/mol. The van der Waals surface area contributed by atoms with E-state index >= 15 is 0 Å². The number of hydrogen-bond donors (Lipinski definition) is 3. The number of fused-ring (bicyclic) bond motifs is 4. The summed E-state index contributed by atoms with van der Waals surface area (Å²) in [4.78, 5) is 53.1. The highest BCUT2D eigenvalue weighted by Crippen LogP contribution is 2.38. The predicted octanol–water partition coefficient (Wildman–Crippen LogP) is 10.5. The molecule has 6 heterocycles. The highest BCUT2D eigenvalue weighted by Gasteiger charge is 2.36. The summed E-state index contributed by atoms with van der Waals surface area (Å²) in [7, 11) is -3.09. The van der Waals surface area contributed by atoms with E-state index in [-0.39, 0.29) is 47.6 Å². The third-order valence-electron chi connectivity index (χ3n) is 14.8. The number of aromatic carboxylic acids is 1. The van der Waals surface area contributed by atoms with Gasteiger partial charge in [-0.25, -0.2) is 40.9 Å². The Labute approximate surface area is 499 Å². The fourth-order valence-corrected chi connectivity index (χ4v) is 11.8. The number of nitrogens with zero attached hydrogens (tertiary/aromatic N) is 9. The van der Waals surface area contributed by atoms with E-state index in [2.05, 4.69) is 32.6 Å². The third kappa shape index (κ3) is 13.9. The SMILES string of the molecule is Cc1ccc(NS(C)(=O)=O)c(C(=O)N2Cc3ccccc3C[C@H]2c2cc3nc(C)c(C)c(N(C)C)n3n2)c1.Cc1ccc(NS(C)(=O)=O)c(C(=O)O)c1.Cc1nc2cc([C@@H]3Cc4ccccc4CN3C(=O)OCc3ccccc3)nn2c(Cl)c1C. The first-order valence-electron chi connectivity index (χ1n) is 27.1. The molecule has 0 fully saturated rings. The molecule has 0 saturated heterocycles. The molecule has 2 aliphatic heterocycles. The van der Waals surface area contributed by atoms with Crippen LogP contribution in [0.1, 0.15) is 106 Å². The van der Waals surface area contributed by atoms with Crippen LogP contribution in [0, 0.1) is 41.5 Å². The second kappa shape index (κ2) is 24.8. The van der Waals surface area contributed by atoms with Gasteiger partial charge >= 0.3 is 12.1 Å². The number of benzene rings is 5. The van der Waals surface area contributed by atoms with Gasteiger partial charge in [-0.1, -0.05) is 114 Å². The fraction of sp³-hybridized carbons (Fsp3) is 0.274. The number of carboxylic acid groups (broad SMARTS) is 1. The number of nitrogens with one attached hydrogen (secondary N) is 2. The van der Waals surface area contributed by atoms with Crippen LogP contribution in [0.2, 0.25) is 5.15 Å². The molecule has 4 aromatic heterocycles. The van der Waals surface area contributed by atoms with Gasteiger partial charge in [-0.2, -0.15) is 14.7 Å². The molecule has 0 spiro atoms. The number of carbonyl (C=O) groups is 3. The van der Waals surface area contributed by atoms with Gasteiger partial charge in [-0.15, -0.1) is 0 Å². The summed E-state index contributed by atoms with van der Waals surface area (Å²) >= 11 is 6.54. The lowest BCUT2D eigenvalue weighted by atomic mass is 9.91. The van der Waals surface area contributed by atoms with Gasteiger partial charge in [-0.3, -0.25) is 19.1 Å². The van der Waals surface area contributed by atoms with Crippen molar-refractivity contribution < 1.29 is 41.1 Å². The van der Waals surface area contributed by atoms with Crippen molar-refractivity contribution in [2.45, 2.75) is 86.2 Å². The average Bonchev–Trinajstić information content (AvgIpc) is 2.02. The van der Waals surface area contributed by atoms with Crippen LogP contribution in [-0.4, -0.2) is 106 Å². The molecule has 0 radical (unpaired) electrons. The molecule has 3 N–H and O–H groups in total. The first-order chi connectivity index (χ1) is 40.2. The van der Waals surface area contributed by atoms with Gasteiger partial charge < -0.3 is 19.6 Å². The standard InChI is InChI=1S/C28H32N6O3S.C25H23ClN4O2.C9H11NO4S/c1-17-11-12-23(31-38(6,36)37)22(13-17)28(35)33-16-21-10-8-7-9-20(21)14-25(33)24-15-26-29-19(3)18(2)27(32(4)5)34(26)30-24;1-16-17(2)27-23-13-21(28-30(23)24(16)26)22-12-19-10-6-7-11-20(19)14-29(22)25(31)32-15-18-8-4-3-5-9-18;1-6-3-4-8(10-15(2,13)14)7(5-6)9(11)12/h7-13,15,25,31H,14,16H2,1-6H3;3-11,13,22H,12,14-15H2,1-2H3;3-5,10H,1-2H3,(H,11,12)/t25-;22-;/m00./s1. The van der Waals surface area contributed by atoms with E-state index in [0.29, 0.717) is 47.9 Å². The van der Waals surface area contributed by atoms with E-state index in [0.717, 1.165) is 85.6 Å². The molecule has 0 bridgehead atoms. The van der Waals surface area contributed by atoms with Crippen molar-refractivity contribution in [2.75, 3.05) is 41.0 Å². The molecule has 11 rings (SSSR count). The first kappa shape index (κ1) is 60.7. The molecule has 0 aliphatic carbocycles. The van der Waals surface area contributed by atoms with Crippen LogP contribution in [0.25, 0.3) is 11.3 Å². The zero-order valence-corrected chi connectivity index (χ0v) is 51.1. The van der Waals surface area contributed by atoms with Gasteiger partial charge in [0.05, 0.1) is 58.5 Å². The molecule has 0 unspecified atom stereocenters. The Morgan fingerprint density at radius 1 is 0.612 bits per heavy atom. The number of halogens is 1. The first-order valence-corrected chi connectivity index (χ1v) is 31.3. The molecular weight excluding hydrogens is 1140 g/mol. The van der Waals surface area contributed by atoms with E-state index < -0.39 is 26.0 Å². The Kier molecular flexibility index (Phi) is 17.7. The van der Waals surface area contributed by atoms with Crippen LogP contribution < -0.4 is 14.3 Å². The van der Waals surface area contributed by atoms with Crippen LogP contribution in [0.3, 0.4) is 0 Å². The fourth-order valence-electron chi connectivity index (χ4n) is 10.4. The van der Waals surface area contributed by atoms with E-state index in [1.807, 2.05) is 131 Å². The van der Waals surface area contributed by atoms with Crippen molar-refractivity contribution in [3.05, 3.63) is 217 Å². The topological polar surface area (TPSA) is 243 Å². The summed E-state index contributed by atoms with van der Waals surface area (Å²) in [5.74, 6) is -0.486. The third-order valence-corrected chi connectivity index (χ3v) is 16.4. The number of aryl methyl sites for hydroxylation is 4. The number of anilines is 3. The van der Waals surface area contributed by atoms with Crippen molar-refractivity contribution in [3.63, 3.8) is 0 Å². The summed E-state index contributed by atoms with van der Waals surface area (Å²) in [6, 6.07) is 38.8. The zero-order chi connectivity index (χ0) is 61.2. The number of carboxylic acids is 1. The quantitative estimate of drug-likeness (QED) is 0.102. The number of carbonyl (C=O) groups excluding carboxylic acids is 2. The van der Waals surface area contributed by atoms with Gasteiger partial charge in [-0.05, 0) is 106 Å². The van der Waals surface area contributed by atoms with E-state index in [9.17, 15) is 31.2 Å². The molecule has 5 aromatic carbocycles. The largest absolute Gasteiger partial charge is 0.478 e. The van der Waals surface area contributed by atoms with Gasteiger partial charge in [0, 0.05) is 61.8 Å². The van der Waals surface area contributed by atoms with Crippen LogP contribution in [0.5, 0.6) is 0 Å². The number of hydrogen-bond acceptors (Lipinski definition) is 13. The summed E-state index contributed by atoms with van der Waals surface area (Å²) in [6.45, 7) is 12.5. The second-order valence-corrected chi connectivity index (χ2v) is 25.4. The van der Waals surface area contributed by atoms with Crippen molar-refractivity contribution in [2.24, 2.45) is 0 Å². The number of sulfonamides is 2. The maximum atomic E-state index is 14.2. The maximum absolute atomic E-state index is 14.2. The number of rotatable bonds is 11. The van der Waals surface area contributed by atoms with Crippen molar-refractivity contribution in [3.8, 4) is 0 Å². The molecule has 0 saturated carbocycles. The Morgan fingerprint density at radius 2 is 1.07 bits per heavy atom.